The van der Waals surface area contributed by atoms with Crippen LogP contribution in [0, 0.1) is 0 Å². The Morgan fingerprint density at radius 1 is 1.03 bits per heavy atom. The van der Waals surface area contributed by atoms with Gasteiger partial charge in [0.15, 0.2) is 5.11 Å². The molecule has 0 bridgehead atoms. The van der Waals surface area contributed by atoms with E-state index in [2.05, 4.69) is 16.0 Å². The predicted octanol–water partition coefficient (Wildman–Crippen LogP) is 1.51. The highest BCUT2D eigenvalue weighted by Gasteiger charge is 2.44. The SMILES string of the molecule is OC1CCC(N2C(O)c3ccc(CNC(=S)Nc4ccc(Cl)cc4)cc3C2O)C(O)N1. The van der Waals surface area contributed by atoms with Crippen LogP contribution in [-0.2, 0) is 6.54 Å². The second kappa shape index (κ2) is 9.35. The number of fused-ring (bicyclic) bond motifs is 1. The third-order valence-electron chi connectivity index (χ3n) is 5.67. The number of nitrogens with one attached hydrogen (secondary N) is 3. The van der Waals surface area contributed by atoms with Gasteiger partial charge in [-0.1, -0.05) is 23.7 Å². The number of aliphatic hydroxyl groups excluding tert-OH is 4. The maximum atomic E-state index is 10.9. The maximum absolute atomic E-state index is 10.9. The number of nitrogens with zero attached hydrogens (tertiary/aromatic N) is 1. The van der Waals surface area contributed by atoms with E-state index in [1.54, 1.807) is 18.2 Å². The van der Waals surface area contributed by atoms with Gasteiger partial charge < -0.3 is 31.1 Å². The van der Waals surface area contributed by atoms with E-state index in [1.165, 1.54) is 4.90 Å². The van der Waals surface area contributed by atoms with Crippen LogP contribution in [0.2, 0.25) is 5.02 Å². The standard InChI is InChI=1S/C21H25ClN4O4S/c22-12-2-4-13(5-3-12)24-21(31)23-10-11-1-6-14-15(9-11)20(30)26(19(14)29)16-7-8-17(27)25-18(16)28/h1-6,9,16-20,25,27-30H,7-8,10H2,(H2,23,24,31). The lowest BCUT2D eigenvalue weighted by atomic mass is 10.0. The molecule has 4 rings (SSSR count). The highest BCUT2D eigenvalue weighted by Crippen LogP contribution is 2.42. The summed E-state index contributed by atoms with van der Waals surface area (Å²) in [6.07, 6.45) is -3.11. The van der Waals surface area contributed by atoms with Crippen LogP contribution >= 0.6 is 23.8 Å². The number of hydrogen-bond donors (Lipinski definition) is 7. The fraction of sp³-hybridized carbons (Fsp3) is 0.381. The molecule has 10 heteroatoms. The number of anilines is 1. The zero-order valence-corrected chi connectivity index (χ0v) is 18.1. The molecule has 31 heavy (non-hydrogen) atoms. The van der Waals surface area contributed by atoms with Crippen LogP contribution in [0.15, 0.2) is 42.5 Å². The van der Waals surface area contributed by atoms with E-state index in [-0.39, 0.29) is 0 Å². The number of benzene rings is 2. The molecule has 7 N–H and O–H groups in total. The molecule has 0 amide bonds. The van der Waals surface area contributed by atoms with Gasteiger partial charge in [-0.25, -0.2) is 4.90 Å². The van der Waals surface area contributed by atoms with E-state index >= 15 is 0 Å². The van der Waals surface area contributed by atoms with Crippen molar-refractivity contribution in [1.29, 1.82) is 0 Å². The van der Waals surface area contributed by atoms with E-state index in [0.29, 0.717) is 40.6 Å². The molecule has 0 aromatic heterocycles. The van der Waals surface area contributed by atoms with Crippen LogP contribution in [0.3, 0.4) is 0 Å². The van der Waals surface area contributed by atoms with Gasteiger partial charge >= 0.3 is 0 Å². The van der Waals surface area contributed by atoms with Crippen molar-refractivity contribution >= 4 is 34.6 Å². The van der Waals surface area contributed by atoms with Crippen molar-refractivity contribution in [3.05, 3.63) is 64.2 Å². The van der Waals surface area contributed by atoms with E-state index in [4.69, 9.17) is 23.8 Å². The van der Waals surface area contributed by atoms with Gasteiger partial charge in [0, 0.05) is 28.4 Å². The Hall–Kier alpha value is -1.82. The lowest BCUT2D eigenvalue weighted by molar-refractivity contribution is -0.159. The fourth-order valence-corrected chi connectivity index (χ4v) is 4.41. The van der Waals surface area contributed by atoms with Crippen molar-refractivity contribution < 1.29 is 20.4 Å². The number of thiocarbonyl (C=S) groups is 1. The summed E-state index contributed by atoms with van der Waals surface area (Å²) in [7, 11) is 0. The summed E-state index contributed by atoms with van der Waals surface area (Å²) in [5, 5.41) is 51.5. The molecule has 2 aromatic rings. The summed E-state index contributed by atoms with van der Waals surface area (Å²) in [6.45, 7) is 0.426. The summed E-state index contributed by atoms with van der Waals surface area (Å²) in [5.74, 6) is 0. The molecule has 8 nitrogen and oxygen atoms in total. The van der Waals surface area contributed by atoms with Gasteiger partial charge in [-0.05, 0) is 61.0 Å². The Morgan fingerprint density at radius 3 is 2.45 bits per heavy atom. The maximum Gasteiger partial charge on any atom is 0.171 e. The number of piperidine rings is 1. The normalized spacial score (nSPS) is 28.2. The lowest BCUT2D eigenvalue weighted by Gasteiger charge is -2.40. The molecule has 0 radical (unpaired) electrons. The molecule has 5 unspecified atom stereocenters. The first kappa shape index (κ1) is 22.4. The summed E-state index contributed by atoms with van der Waals surface area (Å²) in [4.78, 5) is 1.47. The first-order valence-corrected chi connectivity index (χ1v) is 10.8. The molecule has 166 valence electrons. The quantitative estimate of drug-likeness (QED) is 0.338. The second-order valence-electron chi connectivity index (χ2n) is 7.74. The van der Waals surface area contributed by atoms with Gasteiger partial charge in [0.05, 0.1) is 6.04 Å². The number of hydrogen-bond acceptors (Lipinski definition) is 7. The van der Waals surface area contributed by atoms with Gasteiger partial charge in [0.25, 0.3) is 0 Å². The first-order valence-electron chi connectivity index (χ1n) is 10.0. The average molecular weight is 465 g/mol. The average Bonchev–Trinajstić information content (AvgIpc) is 2.98. The zero-order chi connectivity index (χ0) is 22.1. The molecule has 1 fully saturated rings. The third kappa shape index (κ3) is 4.84. The molecule has 5 atom stereocenters. The van der Waals surface area contributed by atoms with Gasteiger partial charge in [-0.3, -0.25) is 5.32 Å². The van der Waals surface area contributed by atoms with Crippen LogP contribution in [-0.4, -0.2) is 48.9 Å². The molecule has 0 spiro atoms. The van der Waals surface area contributed by atoms with Crippen LogP contribution in [0.4, 0.5) is 5.69 Å². The third-order valence-corrected chi connectivity index (χ3v) is 6.17. The Balaban J connectivity index is 1.41. The van der Waals surface area contributed by atoms with Gasteiger partial charge in [-0.15, -0.1) is 0 Å². The Labute approximate surface area is 190 Å². The molecule has 0 aliphatic carbocycles. The van der Waals surface area contributed by atoms with Crippen molar-refractivity contribution in [2.24, 2.45) is 0 Å². The van der Waals surface area contributed by atoms with E-state index < -0.39 is 31.0 Å². The largest absolute Gasteiger partial charge is 0.379 e. The smallest absolute Gasteiger partial charge is 0.171 e. The van der Waals surface area contributed by atoms with Crippen molar-refractivity contribution in [3.8, 4) is 0 Å². The van der Waals surface area contributed by atoms with Crippen LogP contribution in [0.5, 0.6) is 0 Å². The van der Waals surface area contributed by atoms with Crippen molar-refractivity contribution in [1.82, 2.24) is 15.5 Å². The zero-order valence-electron chi connectivity index (χ0n) is 16.6. The Bertz CT molecular complexity index is 947. The van der Waals surface area contributed by atoms with Crippen molar-refractivity contribution in [2.75, 3.05) is 5.32 Å². The molecular weight excluding hydrogens is 440 g/mol. The topological polar surface area (TPSA) is 120 Å². The van der Waals surface area contributed by atoms with E-state index in [1.807, 2.05) is 24.3 Å². The Morgan fingerprint density at radius 2 is 1.74 bits per heavy atom. The summed E-state index contributed by atoms with van der Waals surface area (Å²) >= 11 is 11.2. The minimum Gasteiger partial charge on any atom is -0.379 e. The highest BCUT2D eigenvalue weighted by molar-refractivity contribution is 7.80. The van der Waals surface area contributed by atoms with Crippen LogP contribution in [0.25, 0.3) is 0 Å². The minimum atomic E-state index is -1.07. The minimum absolute atomic E-state index is 0.418. The van der Waals surface area contributed by atoms with Gasteiger partial charge in [0.1, 0.15) is 24.9 Å². The molecule has 2 heterocycles. The molecule has 2 aliphatic rings. The van der Waals surface area contributed by atoms with Gasteiger partial charge in [0.2, 0.25) is 0 Å². The Kier molecular flexibility index (Phi) is 6.75. The number of aliphatic hydroxyl groups is 4. The van der Waals surface area contributed by atoms with E-state index in [9.17, 15) is 20.4 Å². The second-order valence-corrected chi connectivity index (χ2v) is 8.59. The number of halogens is 1. The molecular formula is C21H25ClN4O4S. The summed E-state index contributed by atoms with van der Waals surface area (Å²) in [6, 6.07) is 12.1. The fourth-order valence-electron chi connectivity index (χ4n) is 4.09. The molecule has 2 aliphatic heterocycles. The molecule has 2 aromatic carbocycles. The predicted molar refractivity (Wildman–Crippen MR) is 121 cm³/mol. The number of rotatable bonds is 4. The summed E-state index contributed by atoms with van der Waals surface area (Å²) < 4.78 is 0. The van der Waals surface area contributed by atoms with E-state index in [0.717, 1.165) is 11.3 Å². The van der Waals surface area contributed by atoms with Crippen LogP contribution < -0.4 is 16.0 Å². The molecule has 0 saturated carbocycles. The summed E-state index contributed by atoms with van der Waals surface area (Å²) in [5.41, 5.74) is 2.87. The monoisotopic (exact) mass is 464 g/mol. The first-order chi connectivity index (χ1) is 14.8. The lowest BCUT2D eigenvalue weighted by Crippen LogP contribution is -2.57. The van der Waals surface area contributed by atoms with Gasteiger partial charge in [-0.2, -0.15) is 0 Å². The van der Waals surface area contributed by atoms with Crippen LogP contribution in [0.1, 0.15) is 42.0 Å². The van der Waals surface area contributed by atoms with Crippen molar-refractivity contribution in [3.63, 3.8) is 0 Å². The molecule has 1 saturated heterocycles. The highest BCUT2D eigenvalue weighted by atomic mass is 35.5. The van der Waals surface area contributed by atoms with Crippen molar-refractivity contribution in [2.45, 2.75) is 50.3 Å².